The second kappa shape index (κ2) is 5.22. The van der Waals surface area contributed by atoms with Gasteiger partial charge in [-0.1, -0.05) is 38.5 Å². The standard InChI is InChI=1S/C16H27N/c1-8-16(5,6)15(17-7)14-12(3)9-11(2)10-13(14)4/h9-10,15,17H,8H2,1-7H3. The Morgan fingerprint density at radius 3 is 1.94 bits per heavy atom. The summed E-state index contributed by atoms with van der Waals surface area (Å²) >= 11 is 0. The Morgan fingerprint density at radius 1 is 1.12 bits per heavy atom. The van der Waals surface area contributed by atoms with Gasteiger partial charge >= 0.3 is 0 Å². The first-order chi connectivity index (χ1) is 7.83. The molecule has 0 aliphatic rings. The van der Waals surface area contributed by atoms with Crippen LogP contribution in [0.5, 0.6) is 0 Å². The summed E-state index contributed by atoms with van der Waals surface area (Å²) in [6, 6.07) is 5.00. The monoisotopic (exact) mass is 233 g/mol. The molecule has 96 valence electrons. The molecule has 1 heteroatoms. The van der Waals surface area contributed by atoms with Crippen molar-refractivity contribution < 1.29 is 0 Å². The Bertz CT molecular complexity index is 368. The normalized spacial score (nSPS) is 13.8. The van der Waals surface area contributed by atoms with Crippen molar-refractivity contribution in [2.24, 2.45) is 5.41 Å². The van der Waals surface area contributed by atoms with Gasteiger partial charge in [0.2, 0.25) is 0 Å². The summed E-state index contributed by atoms with van der Waals surface area (Å²) in [5.74, 6) is 0. The van der Waals surface area contributed by atoms with Crippen LogP contribution in [0.15, 0.2) is 12.1 Å². The Labute approximate surface area is 107 Å². The van der Waals surface area contributed by atoms with E-state index in [-0.39, 0.29) is 5.41 Å². The molecular formula is C16H27N. The molecule has 0 spiro atoms. The van der Waals surface area contributed by atoms with Crippen LogP contribution in [0.25, 0.3) is 0 Å². The summed E-state index contributed by atoms with van der Waals surface area (Å²) in [5, 5.41) is 3.51. The van der Waals surface area contributed by atoms with Crippen LogP contribution in [0.1, 0.15) is 55.5 Å². The molecule has 1 rings (SSSR count). The van der Waals surface area contributed by atoms with Crippen molar-refractivity contribution in [1.29, 1.82) is 0 Å². The zero-order valence-electron chi connectivity index (χ0n) is 12.4. The van der Waals surface area contributed by atoms with Crippen LogP contribution in [-0.2, 0) is 0 Å². The number of aryl methyl sites for hydroxylation is 3. The first kappa shape index (κ1) is 14.2. The molecule has 1 unspecified atom stereocenters. The van der Waals surface area contributed by atoms with E-state index in [0.29, 0.717) is 6.04 Å². The lowest BCUT2D eigenvalue weighted by molar-refractivity contribution is 0.244. The zero-order chi connectivity index (χ0) is 13.2. The largest absolute Gasteiger partial charge is 0.313 e. The molecule has 0 saturated carbocycles. The molecule has 1 nitrogen and oxygen atoms in total. The fraction of sp³-hybridized carbons (Fsp3) is 0.625. The summed E-state index contributed by atoms with van der Waals surface area (Å²) in [5.41, 5.74) is 5.92. The van der Waals surface area contributed by atoms with Crippen molar-refractivity contribution in [3.63, 3.8) is 0 Å². The summed E-state index contributed by atoms with van der Waals surface area (Å²) in [4.78, 5) is 0. The minimum absolute atomic E-state index is 0.277. The van der Waals surface area contributed by atoms with Crippen molar-refractivity contribution in [1.82, 2.24) is 5.32 Å². The average Bonchev–Trinajstić information content (AvgIpc) is 2.22. The van der Waals surface area contributed by atoms with Crippen LogP contribution in [0.3, 0.4) is 0 Å². The van der Waals surface area contributed by atoms with Gasteiger partial charge in [-0.25, -0.2) is 0 Å². The first-order valence-electron chi connectivity index (χ1n) is 6.58. The highest BCUT2D eigenvalue weighted by atomic mass is 14.9. The van der Waals surface area contributed by atoms with Crippen LogP contribution in [0, 0.1) is 26.2 Å². The third-order valence-corrected chi connectivity index (χ3v) is 4.01. The van der Waals surface area contributed by atoms with Gasteiger partial charge < -0.3 is 5.32 Å². The minimum atomic E-state index is 0.277. The Balaban J connectivity index is 3.31. The number of benzene rings is 1. The Hall–Kier alpha value is -0.820. The summed E-state index contributed by atoms with van der Waals surface area (Å²) < 4.78 is 0. The number of hydrogen-bond donors (Lipinski definition) is 1. The van der Waals surface area contributed by atoms with Crippen molar-refractivity contribution in [2.45, 2.75) is 54.0 Å². The number of rotatable bonds is 4. The third kappa shape index (κ3) is 2.90. The summed E-state index contributed by atoms with van der Waals surface area (Å²) in [6.07, 6.45) is 1.17. The highest BCUT2D eigenvalue weighted by molar-refractivity contribution is 5.40. The molecule has 0 fully saturated rings. The van der Waals surface area contributed by atoms with E-state index in [9.17, 15) is 0 Å². The van der Waals surface area contributed by atoms with Crippen molar-refractivity contribution in [3.8, 4) is 0 Å². The van der Waals surface area contributed by atoms with Crippen LogP contribution >= 0.6 is 0 Å². The smallest absolute Gasteiger partial charge is 0.0374 e. The Morgan fingerprint density at radius 2 is 1.59 bits per heavy atom. The second-order valence-electron chi connectivity index (χ2n) is 5.88. The van der Waals surface area contributed by atoms with Gasteiger partial charge in [-0.2, -0.15) is 0 Å². The molecule has 0 amide bonds. The predicted octanol–water partition coefficient (Wildman–Crippen LogP) is 4.31. The lowest BCUT2D eigenvalue weighted by atomic mass is 9.75. The molecule has 1 atom stereocenters. The zero-order valence-corrected chi connectivity index (χ0v) is 12.4. The van der Waals surface area contributed by atoms with E-state index in [0.717, 1.165) is 0 Å². The van der Waals surface area contributed by atoms with Gasteiger partial charge in [0.1, 0.15) is 0 Å². The van der Waals surface area contributed by atoms with E-state index in [4.69, 9.17) is 0 Å². The van der Waals surface area contributed by atoms with Gasteiger partial charge in [0.15, 0.2) is 0 Å². The molecule has 0 bridgehead atoms. The van der Waals surface area contributed by atoms with Gasteiger partial charge in [0.05, 0.1) is 0 Å². The maximum Gasteiger partial charge on any atom is 0.0374 e. The topological polar surface area (TPSA) is 12.0 Å². The van der Waals surface area contributed by atoms with Crippen molar-refractivity contribution in [3.05, 3.63) is 34.4 Å². The maximum atomic E-state index is 3.51. The van der Waals surface area contributed by atoms with Gasteiger partial charge in [-0.3, -0.25) is 0 Å². The lowest BCUT2D eigenvalue weighted by Gasteiger charge is -2.35. The fourth-order valence-corrected chi connectivity index (χ4v) is 2.78. The van der Waals surface area contributed by atoms with E-state index < -0.39 is 0 Å². The van der Waals surface area contributed by atoms with Crippen molar-refractivity contribution >= 4 is 0 Å². The molecule has 0 aliphatic heterocycles. The van der Waals surface area contributed by atoms with Crippen LogP contribution in [0.2, 0.25) is 0 Å². The molecule has 1 aromatic rings. The highest BCUT2D eigenvalue weighted by Crippen LogP contribution is 2.38. The molecule has 0 saturated heterocycles. The van der Waals surface area contributed by atoms with Crippen LogP contribution < -0.4 is 5.32 Å². The quantitative estimate of drug-likeness (QED) is 0.817. The molecule has 0 heterocycles. The van der Waals surface area contributed by atoms with E-state index in [1.165, 1.54) is 28.7 Å². The lowest BCUT2D eigenvalue weighted by Crippen LogP contribution is -2.32. The second-order valence-corrected chi connectivity index (χ2v) is 5.88. The van der Waals surface area contributed by atoms with Crippen LogP contribution in [-0.4, -0.2) is 7.05 Å². The fourth-order valence-electron chi connectivity index (χ4n) is 2.78. The van der Waals surface area contributed by atoms with Gasteiger partial charge in [-0.15, -0.1) is 0 Å². The maximum absolute atomic E-state index is 3.51. The molecule has 1 N–H and O–H groups in total. The van der Waals surface area contributed by atoms with E-state index in [2.05, 4.69) is 66.0 Å². The third-order valence-electron chi connectivity index (χ3n) is 4.01. The molecule has 0 aromatic heterocycles. The van der Waals surface area contributed by atoms with Crippen LogP contribution in [0.4, 0.5) is 0 Å². The average molecular weight is 233 g/mol. The summed E-state index contributed by atoms with van der Waals surface area (Å²) in [7, 11) is 2.07. The number of hydrogen-bond acceptors (Lipinski definition) is 1. The highest BCUT2D eigenvalue weighted by Gasteiger charge is 2.29. The van der Waals surface area contributed by atoms with Gasteiger partial charge in [0, 0.05) is 6.04 Å². The molecular weight excluding hydrogens is 206 g/mol. The summed E-state index contributed by atoms with van der Waals surface area (Å²) in [6.45, 7) is 13.6. The van der Waals surface area contributed by atoms with Gasteiger partial charge in [-0.05, 0) is 56.3 Å². The SMILES string of the molecule is CCC(C)(C)C(NC)c1c(C)cc(C)cc1C. The van der Waals surface area contributed by atoms with E-state index in [1.807, 2.05) is 0 Å². The number of nitrogens with one attached hydrogen (secondary N) is 1. The first-order valence-corrected chi connectivity index (χ1v) is 6.58. The predicted molar refractivity (Wildman–Crippen MR) is 76.5 cm³/mol. The van der Waals surface area contributed by atoms with E-state index >= 15 is 0 Å². The minimum Gasteiger partial charge on any atom is -0.313 e. The molecule has 0 aliphatic carbocycles. The van der Waals surface area contributed by atoms with Crippen molar-refractivity contribution in [2.75, 3.05) is 7.05 Å². The molecule has 0 radical (unpaired) electrons. The molecule has 1 aromatic carbocycles. The molecule has 17 heavy (non-hydrogen) atoms. The van der Waals surface area contributed by atoms with E-state index in [1.54, 1.807) is 0 Å². The van der Waals surface area contributed by atoms with Gasteiger partial charge in [0.25, 0.3) is 0 Å². The Kier molecular flexibility index (Phi) is 4.37.